The van der Waals surface area contributed by atoms with Crippen LogP contribution in [0.25, 0.3) is 0 Å². The quantitative estimate of drug-likeness (QED) is 0.338. The number of unbranched alkanes of at least 4 members (excludes halogenated alkanes) is 2. The van der Waals surface area contributed by atoms with Crippen molar-refractivity contribution in [1.29, 1.82) is 0 Å². The van der Waals surface area contributed by atoms with Crippen molar-refractivity contribution in [3.05, 3.63) is 0 Å². The van der Waals surface area contributed by atoms with Gasteiger partial charge in [0.05, 0.1) is 18.8 Å². The van der Waals surface area contributed by atoms with Gasteiger partial charge in [0.2, 0.25) is 5.91 Å². The molecule has 1 unspecified atom stereocenters. The van der Waals surface area contributed by atoms with Crippen molar-refractivity contribution in [3.8, 4) is 0 Å². The van der Waals surface area contributed by atoms with E-state index in [-0.39, 0.29) is 18.6 Å². The van der Waals surface area contributed by atoms with Gasteiger partial charge in [-0.2, -0.15) is 0 Å². The standard InChI is InChI=1S/C11H22N2O4PS/c12-5-3-1-2-4-11(15)13-7-10(14)6-9(13)8-17-18(16)19/h9-10,14,16H,1-8,12H2/q-1/t9-,10+,18?/m0/s1. The first-order valence-corrected chi connectivity index (χ1v) is 8.73. The van der Waals surface area contributed by atoms with Gasteiger partial charge < -0.3 is 37.4 Å². The van der Waals surface area contributed by atoms with Crippen LogP contribution in [0.4, 0.5) is 0 Å². The molecule has 1 aliphatic heterocycles. The van der Waals surface area contributed by atoms with E-state index in [1.165, 1.54) is 0 Å². The van der Waals surface area contributed by atoms with Crippen LogP contribution in [-0.4, -0.2) is 52.6 Å². The zero-order valence-corrected chi connectivity index (χ0v) is 12.6. The summed E-state index contributed by atoms with van der Waals surface area (Å²) in [6.07, 6.45) is 3.10. The van der Waals surface area contributed by atoms with Gasteiger partial charge in [0.1, 0.15) is 0 Å². The molecule has 19 heavy (non-hydrogen) atoms. The molecule has 1 saturated heterocycles. The number of β-amino-alcohol motifs (C(OH)–C–C–N with tert-alkyl or cyclic N) is 1. The molecule has 6 nitrogen and oxygen atoms in total. The normalized spacial score (nSPS) is 24.7. The minimum absolute atomic E-state index is 0.0220. The summed E-state index contributed by atoms with van der Waals surface area (Å²) in [6, 6.07) is -0.183. The van der Waals surface area contributed by atoms with E-state index in [1.54, 1.807) is 4.90 Å². The van der Waals surface area contributed by atoms with Crippen LogP contribution in [0.1, 0.15) is 32.1 Å². The first kappa shape index (κ1) is 17.1. The lowest BCUT2D eigenvalue weighted by Gasteiger charge is -2.26. The van der Waals surface area contributed by atoms with Gasteiger partial charge in [0.15, 0.2) is 0 Å². The Morgan fingerprint density at radius 1 is 1.47 bits per heavy atom. The summed E-state index contributed by atoms with van der Waals surface area (Å²) < 4.78 is 5.01. The number of hydrogen-bond acceptors (Lipinski definition) is 6. The van der Waals surface area contributed by atoms with Gasteiger partial charge in [-0.05, 0) is 25.8 Å². The summed E-state index contributed by atoms with van der Waals surface area (Å²) >= 11 is 4.57. The Balaban J connectivity index is 2.37. The van der Waals surface area contributed by atoms with Crippen molar-refractivity contribution in [2.75, 3.05) is 19.7 Å². The third kappa shape index (κ3) is 6.38. The molecule has 0 saturated carbocycles. The number of nitrogens with two attached hydrogens (primary N) is 1. The fourth-order valence-corrected chi connectivity index (χ4v) is 2.73. The van der Waals surface area contributed by atoms with Gasteiger partial charge in [-0.3, -0.25) is 4.79 Å². The number of rotatable bonds is 8. The summed E-state index contributed by atoms with van der Waals surface area (Å²) in [6.45, 7) is 1.17. The fourth-order valence-electron chi connectivity index (χ4n) is 2.25. The second-order valence-electron chi connectivity index (χ2n) is 4.72. The van der Waals surface area contributed by atoms with E-state index in [0.29, 0.717) is 25.9 Å². The second kappa shape index (κ2) is 9.10. The molecule has 112 valence electrons. The number of nitrogens with zero attached hydrogens (tertiary/aromatic N) is 1. The molecule has 0 radical (unpaired) electrons. The average Bonchev–Trinajstić information content (AvgIpc) is 2.73. The SMILES string of the molecule is NCCCCCC(=O)N1C[C@H](O)C[C@H]1COP(O)[S-]. The molecule has 1 heterocycles. The highest BCUT2D eigenvalue weighted by atomic mass is 32.7. The summed E-state index contributed by atoms with van der Waals surface area (Å²) in [5, 5.41) is 9.64. The van der Waals surface area contributed by atoms with Gasteiger partial charge in [-0.25, -0.2) is 0 Å². The summed E-state index contributed by atoms with van der Waals surface area (Å²) in [5.41, 5.74) is 5.40. The van der Waals surface area contributed by atoms with Crippen molar-refractivity contribution < 1.29 is 19.3 Å². The van der Waals surface area contributed by atoms with Crippen LogP contribution >= 0.6 is 7.58 Å². The molecular weight excluding hydrogens is 287 g/mol. The lowest BCUT2D eigenvalue weighted by molar-refractivity contribution is -0.133. The monoisotopic (exact) mass is 309 g/mol. The first-order chi connectivity index (χ1) is 9.04. The van der Waals surface area contributed by atoms with E-state index in [0.717, 1.165) is 19.3 Å². The Hall–Kier alpha value is 0.0900. The Labute approximate surface area is 120 Å². The van der Waals surface area contributed by atoms with Gasteiger partial charge in [0.25, 0.3) is 0 Å². The third-order valence-corrected chi connectivity index (χ3v) is 3.87. The van der Waals surface area contributed by atoms with Gasteiger partial charge in [0, 0.05) is 20.5 Å². The summed E-state index contributed by atoms with van der Waals surface area (Å²) in [7, 11) is -1.84. The van der Waals surface area contributed by atoms with Gasteiger partial charge >= 0.3 is 0 Å². The number of carbonyl (C=O) groups excluding carboxylic acids is 1. The van der Waals surface area contributed by atoms with Crippen molar-refractivity contribution in [3.63, 3.8) is 0 Å². The van der Waals surface area contributed by atoms with Crippen LogP contribution in [0.15, 0.2) is 0 Å². The molecule has 3 atom stereocenters. The van der Waals surface area contributed by atoms with Crippen molar-refractivity contribution in [2.45, 2.75) is 44.2 Å². The summed E-state index contributed by atoms with van der Waals surface area (Å²) in [4.78, 5) is 22.7. The Morgan fingerprint density at radius 2 is 2.21 bits per heavy atom. The van der Waals surface area contributed by atoms with Crippen molar-refractivity contribution in [2.24, 2.45) is 5.73 Å². The van der Waals surface area contributed by atoms with Crippen LogP contribution in [-0.2, 0) is 21.6 Å². The molecule has 0 aromatic carbocycles. The lowest BCUT2D eigenvalue weighted by atomic mass is 10.1. The second-order valence-corrected chi connectivity index (χ2v) is 6.39. The number of aliphatic hydroxyl groups is 1. The van der Waals surface area contributed by atoms with E-state index in [1.807, 2.05) is 0 Å². The number of carbonyl (C=O) groups is 1. The van der Waals surface area contributed by atoms with E-state index in [9.17, 15) is 9.90 Å². The predicted molar refractivity (Wildman–Crippen MR) is 76.1 cm³/mol. The summed E-state index contributed by atoms with van der Waals surface area (Å²) in [5.74, 6) is 0.0220. The molecule has 0 bridgehead atoms. The minimum Gasteiger partial charge on any atom is -0.700 e. The van der Waals surface area contributed by atoms with Crippen molar-refractivity contribution >= 4 is 25.7 Å². The zero-order valence-electron chi connectivity index (χ0n) is 10.9. The Kier molecular flexibility index (Phi) is 8.21. The maximum absolute atomic E-state index is 12.1. The topological polar surface area (TPSA) is 96.0 Å². The first-order valence-electron chi connectivity index (χ1n) is 6.51. The average molecular weight is 309 g/mol. The molecule has 1 aliphatic rings. The highest BCUT2D eigenvalue weighted by Crippen LogP contribution is 2.30. The molecule has 0 aromatic rings. The minimum atomic E-state index is -1.84. The molecule has 1 fully saturated rings. The van der Waals surface area contributed by atoms with Crippen LogP contribution < -0.4 is 5.73 Å². The molecule has 1 amide bonds. The van der Waals surface area contributed by atoms with Crippen molar-refractivity contribution in [1.82, 2.24) is 4.90 Å². The van der Waals surface area contributed by atoms with E-state index in [2.05, 4.69) is 12.2 Å². The molecule has 0 aromatic heterocycles. The van der Waals surface area contributed by atoms with Crippen LogP contribution in [0.5, 0.6) is 0 Å². The molecule has 8 heteroatoms. The zero-order chi connectivity index (χ0) is 14.3. The fraction of sp³-hybridized carbons (Fsp3) is 0.909. The smallest absolute Gasteiger partial charge is 0.222 e. The highest BCUT2D eigenvalue weighted by molar-refractivity contribution is 8.28. The number of likely N-dealkylation sites (tertiary alicyclic amines) is 1. The molecule has 0 aliphatic carbocycles. The molecular formula is C11H22N2O4PS-. The molecule has 1 rings (SSSR count). The largest absolute Gasteiger partial charge is 0.700 e. The highest BCUT2D eigenvalue weighted by Gasteiger charge is 2.33. The molecule has 4 N–H and O–H groups in total. The Morgan fingerprint density at radius 3 is 2.84 bits per heavy atom. The van der Waals surface area contributed by atoms with Gasteiger partial charge in [-0.1, -0.05) is 6.42 Å². The maximum atomic E-state index is 12.1. The lowest BCUT2D eigenvalue weighted by Crippen LogP contribution is -2.38. The van der Waals surface area contributed by atoms with Crippen LogP contribution in [0, 0.1) is 0 Å². The predicted octanol–water partition coefficient (Wildman–Crippen LogP) is 0.250. The third-order valence-electron chi connectivity index (χ3n) is 3.18. The van der Waals surface area contributed by atoms with E-state index < -0.39 is 13.7 Å². The van der Waals surface area contributed by atoms with Gasteiger partial charge in [-0.15, -0.1) is 0 Å². The maximum Gasteiger partial charge on any atom is 0.222 e. The van der Waals surface area contributed by atoms with E-state index >= 15 is 0 Å². The van der Waals surface area contributed by atoms with E-state index in [4.69, 9.17) is 15.2 Å². The van der Waals surface area contributed by atoms with Crippen LogP contribution in [0.3, 0.4) is 0 Å². The number of amides is 1. The number of aliphatic hydroxyl groups excluding tert-OH is 1. The molecule has 0 spiro atoms. The Bertz CT molecular complexity index is 283. The number of hydrogen-bond donors (Lipinski definition) is 3. The van der Waals surface area contributed by atoms with Crippen LogP contribution in [0.2, 0.25) is 0 Å².